The quantitative estimate of drug-likeness (QED) is 0.868. The maximum Gasteiger partial charge on any atom is 0.140 e. The molecular weight excluding hydrogens is 302 g/mol. The van der Waals surface area contributed by atoms with Crippen LogP contribution in [0.1, 0.15) is 16.8 Å². The molecule has 0 bridgehead atoms. The van der Waals surface area contributed by atoms with Gasteiger partial charge in [0, 0.05) is 23.8 Å². The number of halogens is 1. The van der Waals surface area contributed by atoms with Gasteiger partial charge in [-0.15, -0.1) is 0 Å². The fraction of sp³-hybridized carbons (Fsp3) is 0.200. The van der Waals surface area contributed by atoms with Gasteiger partial charge in [-0.3, -0.25) is 4.90 Å². The highest BCUT2D eigenvalue weighted by molar-refractivity contribution is 9.10. The number of pyridine rings is 1. The van der Waals surface area contributed by atoms with Crippen LogP contribution in [0.2, 0.25) is 0 Å². The average Bonchev–Trinajstić information content (AvgIpc) is 2.41. The zero-order chi connectivity index (χ0) is 13.7. The average molecular weight is 316 g/mol. The molecule has 1 heterocycles. The number of nitrogens with zero attached hydrogens (tertiary/aromatic N) is 3. The molecule has 0 aliphatic heterocycles. The highest BCUT2D eigenvalue weighted by Gasteiger charge is 2.05. The molecule has 0 spiro atoms. The lowest BCUT2D eigenvalue weighted by molar-refractivity contribution is 0.318. The van der Waals surface area contributed by atoms with Crippen LogP contribution in [-0.4, -0.2) is 16.9 Å². The number of aromatic nitrogens is 1. The third-order valence-electron chi connectivity index (χ3n) is 2.79. The van der Waals surface area contributed by atoms with E-state index in [0.717, 1.165) is 23.1 Å². The summed E-state index contributed by atoms with van der Waals surface area (Å²) >= 11 is 3.55. The van der Waals surface area contributed by atoms with E-state index in [0.29, 0.717) is 5.69 Å². The molecule has 1 aromatic heterocycles. The first-order valence-electron chi connectivity index (χ1n) is 5.96. The van der Waals surface area contributed by atoms with E-state index in [1.807, 2.05) is 30.3 Å². The van der Waals surface area contributed by atoms with Crippen LogP contribution >= 0.6 is 15.9 Å². The van der Waals surface area contributed by atoms with Gasteiger partial charge in [0.15, 0.2) is 0 Å². The molecule has 0 saturated carbocycles. The predicted octanol–water partition coefficient (Wildman–Crippen LogP) is 3.35. The first kappa shape index (κ1) is 13.7. The molecule has 0 fully saturated rings. The van der Waals surface area contributed by atoms with Crippen molar-refractivity contribution in [2.24, 2.45) is 0 Å². The summed E-state index contributed by atoms with van der Waals surface area (Å²) in [4.78, 5) is 6.18. The van der Waals surface area contributed by atoms with Gasteiger partial charge >= 0.3 is 0 Å². The Bertz CT molecular complexity index is 604. The van der Waals surface area contributed by atoms with Crippen molar-refractivity contribution in [2.45, 2.75) is 13.1 Å². The van der Waals surface area contributed by atoms with Crippen molar-refractivity contribution in [1.82, 2.24) is 9.88 Å². The van der Waals surface area contributed by atoms with Crippen molar-refractivity contribution in [3.8, 4) is 6.07 Å². The third kappa shape index (κ3) is 3.88. The summed E-state index contributed by atoms with van der Waals surface area (Å²) in [7, 11) is 2.06. The molecule has 0 aliphatic rings. The first-order valence-corrected chi connectivity index (χ1v) is 6.75. The van der Waals surface area contributed by atoms with Crippen molar-refractivity contribution in [3.63, 3.8) is 0 Å². The van der Waals surface area contributed by atoms with Crippen molar-refractivity contribution >= 4 is 15.9 Å². The van der Waals surface area contributed by atoms with E-state index in [9.17, 15) is 0 Å². The number of rotatable bonds is 4. The van der Waals surface area contributed by atoms with E-state index < -0.39 is 0 Å². The molecule has 2 aromatic rings. The second-order valence-electron chi connectivity index (χ2n) is 4.42. The van der Waals surface area contributed by atoms with Crippen molar-refractivity contribution in [3.05, 3.63) is 63.9 Å². The van der Waals surface area contributed by atoms with E-state index in [1.54, 1.807) is 6.20 Å². The van der Waals surface area contributed by atoms with Gasteiger partial charge in [0.1, 0.15) is 11.8 Å². The SMILES string of the molecule is CN(Cc1ccnc(C#N)c1)Cc1ccccc1Br. The topological polar surface area (TPSA) is 39.9 Å². The second-order valence-corrected chi connectivity index (χ2v) is 5.28. The number of nitriles is 1. The highest BCUT2D eigenvalue weighted by Crippen LogP contribution is 2.18. The molecule has 0 N–H and O–H groups in total. The summed E-state index contributed by atoms with van der Waals surface area (Å²) in [5, 5.41) is 8.84. The van der Waals surface area contributed by atoms with Crippen molar-refractivity contribution < 1.29 is 0 Å². The Morgan fingerprint density at radius 2 is 2.05 bits per heavy atom. The Balaban J connectivity index is 2.03. The lowest BCUT2D eigenvalue weighted by atomic mass is 10.2. The Labute approximate surface area is 121 Å². The maximum atomic E-state index is 8.84. The molecule has 4 heteroatoms. The number of hydrogen-bond donors (Lipinski definition) is 0. The molecular formula is C15H14BrN3. The molecule has 19 heavy (non-hydrogen) atoms. The summed E-state index contributed by atoms with van der Waals surface area (Å²) in [6.07, 6.45) is 1.68. The molecule has 0 radical (unpaired) electrons. The summed E-state index contributed by atoms with van der Waals surface area (Å²) in [5.74, 6) is 0. The second kappa shape index (κ2) is 6.46. The Kier molecular flexibility index (Phi) is 4.67. The molecule has 3 nitrogen and oxygen atoms in total. The summed E-state index contributed by atoms with van der Waals surface area (Å²) < 4.78 is 1.12. The standard InChI is InChI=1S/C15H14BrN3/c1-19(11-13-4-2-3-5-15(13)16)10-12-6-7-18-14(8-12)9-17/h2-8H,10-11H2,1H3. The summed E-state index contributed by atoms with van der Waals surface area (Å²) in [6.45, 7) is 1.64. The molecule has 0 atom stereocenters. The zero-order valence-corrected chi connectivity index (χ0v) is 12.3. The minimum atomic E-state index is 0.465. The largest absolute Gasteiger partial charge is 0.298 e. The third-order valence-corrected chi connectivity index (χ3v) is 3.56. The van der Waals surface area contributed by atoms with Crippen LogP contribution < -0.4 is 0 Å². The van der Waals surface area contributed by atoms with Gasteiger partial charge in [-0.25, -0.2) is 4.98 Å². The van der Waals surface area contributed by atoms with Gasteiger partial charge in [0.05, 0.1) is 0 Å². The van der Waals surface area contributed by atoms with Crippen LogP contribution in [0.3, 0.4) is 0 Å². The summed E-state index contributed by atoms with van der Waals surface area (Å²) in [6, 6.07) is 14.0. The molecule has 2 rings (SSSR count). The monoisotopic (exact) mass is 315 g/mol. The number of hydrogen-bond acceptors (Lipinski definition) is 3. The first-order chi connectivity index (χ1) is 9.19. The van der Waals surface area contributed by atoms with E-state index in [-0.39, 0.29) is 0 Å². The fourth-order valence-electron chi connectivity index (χ4n) is 1.92. The molecule has 0 amide bonds. The van der Waals surface area contributed by atoms with Crippen LogP contribution in [-0.2, 0) is 13.1 Å². The van der Waals surface area contributed by atoms with E-state index in [4.69, 9.17) is 5.26 Å². The van der Waals surface area contributed by atoms with Gasteiger partial charge in [-0.1, -0.05) is 34.1 Å². The van der Waals surface area contributed by atoms with Crippen LogP contribution in [0.25, 0.3) is 0 Å². The van der Waals surface area contributed by atoms with Gasteiger partial charge < -0.3 is 0 Å². The van der Waals surface area contributed by atoms with E-state index in [1.165, 1.54) is 5.56 Å². The van der Waals surface area contributed by atoms with Crippen LogP contribution in [0.5, 0.6) is 0 Å². The predicted molar refractivity (Wildman–Crippen MR) is 78.3 cm³/mol. The van der Waals surface area contributed by atoms with Gasteiger partial charge in [-0.2, -0.15) is 5.26 Å². The molecule has 0 saturated heterocycles. The highest BCUT2D eigenvalue weighted by atomic mass is 79.9. The van der Waals surface area contributed by atoms with Crippen LogP contribution in [0, 0.1) is 11.3 Å². The van der Waals surface area contributed by atoms with Gasteiger partial charge in [0.25, 0.3) is 0 Å². The fourth-order valence-corrected chi connectivity index (χ4v) is 2.33. The van der Waals surface area contributed by atoms with Gasteiger partial charge in [0.2, 0.25) is 0 Å². The molecule has 0 aliphatic carbocycles. The van der Waals surface area contributed by atoms with E-state index >= 15 is 0 Å². The van der Waals surface area contributed by atoms with Crippen molar-refractivity contribution in [1.29, 1.82) is 5.26 Å². The zero-order valence-electron chi connectivity index (χ0n) is 10.7. The van der Waals surface area contributed by atoms with E-state index in [2.05, 4.69) is 45.0 Å². The Morgan fingerprint density at radius 1 is 1.26 bits per heavy atom. The lowest BCUT2D eigenvalue weighted by Gasteiger charge is -2.17. The minimum Gasteiger partial charge on any atom is -0.298 e. The Hall–Kier alpha value is -1.70. The number of benzene rings is 1. The van der Waals surface area contributed by atoms with Crippen LogP contribution in [0.15, 0.2) is 47.1 Å². The van der Waals surface area contributed by atoms with Crippen LogP contribution in [0.4, 0.5) is 0 Å². The normalized spacial score (nSPS) is 10.4. The molecule has 0 unspecified atom stereocenters. The minimum absolute atomic E-state index is 0.465. The molecule has 96 valence electrons. The smallest absolute Gasteiger partial charge is 0.140 e. The van der Waals surface area contributed by atoms with Gasteiger partial charge in [-0.05, 0) is 36.4 Å². The Morgan fingerprint density at radius 3 is 2.79 bits per heavy atom. The maximum absolute atomic E-state index is 8.84. The molecule has 1 aromatic carbocycles. The summed E-state index contributed by atoms with van der Waals surface area (Å²) in [5.41, 5.74) is 2.81. The lowest BCUT2D eigenvalue weighted by Crippen LogP contribution is -2.17. The van der Waals surface area contributed by atoms with Crippen molar-refractivity contribution in [2.75, 3.05) is 7.05 Å².